The summed E-state index contributed by atoms with van der Waals surface area (Å²) in [5.41, 5.74) is 1.07. The third-order valence-electron chi connectivity index (χ3n) is 3.49. The van der Waals surface area contributed by atoms with Gasteiger partial charge in [0.15, 0.2) is 0 Å². The predicted molar refractivity (Wildman–Crippen MR) is 71.6 cm³/mol. The molecule has 0 amide bonds. The van der Waals surface area contributed by atoms with Gasteiger partial charge in [0.25, 0.3) is 0 Å². The van der Waals surface area contributed by atoms with Crippen LogP contribution in [0.4, 0.5) is 0 Å². The molecular weight excluding hydrogens is 232 g/mol. The predicted octanol–water partition coefficient (Wildman–Crippen LogP) is 2.76. The molecule has 1 aromatic heterocycles. The van der Waals surface area contributed by atoms with Crippen LogP contribution < -0.4 is 5.32 Å². The topological polar surface area (TPSA) is 34.1 Å². The number of nitrogens with one attached hydrogen (secondary N) is 1. The Balaban J connectivity index is 2.28. The van der Waals surface area contributed by atoms with Crippen LogP contribution >= 0.6 is 11.3 Å². The van der Waals surface area contributed by atoms with Gasteiger partial charge in [-0.15, -0.1) is 11.3 Å². The third-order valence-corrected chi connectivity index (χ3v) is 4.77. The number of hydrogen-bond donors (Lipinski definition) is 1. The lowest BCUT2D eigenvalue weighted by Gasteiger charge is -2.31. The molecule has 1 atom stereocenters. The number of rotatable bonds is 6. The molecule has 1 N–H and O–H groups in total. The van der Waals surface area contributed by atoms with Crippen LogP contribution in [0, 0.1) is 13.8 Å². The van der Waals surface area contributed by atoms with E-state index < -0.39 is 0 Å². The second-order valence-electron chi connectivity index (χ2n) is 4.95. The smallest absolute Gasteiger partial charge is 0.116 e. The van der Waals surface area contributed by atoms with Crippen molar-refractivity contribution in [3.8, 4) is 0 Å². The number of aryl methyl sites for hydroxylation is 2. The molecule has 3 nitrogen and oxygen atoms in total. The maximum absolute atomic E-state index is 5.43. The molecule has 0 spiro atoms. The summed E-state index contributed by atoms with van der Waals surface area (Å²) in [6, 6.07) is 0.662. The highest BCUT2D eigenvalue weighted by atomic mass is 32.1. The normalized spacial score (nSPS) is 19.3. The van der Waals surface area contributed by atoms with Crippen molar-refractivity contribution in [2.75, 3.05) is 13.7 Å². The van der Waals surface area contributed by atoms with E-state index in [1.54, 1.807) is 18.4 Å². The molecule has 0 aromatic carbocycles. The Morgan fingerprint density at radius 2 is 2.18 bits per heavy atom. The van der Waals surface area contributed by atoms with E-state index in [0.717, 1.165) is 12.1 Å². The fraction of sp³-hybridized carbons (Fsp3) is 0.769. The first kappa shape index (κ1) is 13.0. The molecule has 1 fully saturated rings. The Bertz CT molecular complexity index is 367. The monoisotopic (exact) mass is 254 g/mol. The minimum Gasteiger partial charge on any atom is -0.382 e. The van der Waals surface area contributed by atoms with E-state index in [1.807, 2.05) is 0 Å². The van der Waals surface area contributed by atoms with Gasteiger partial charge in [-0.1, -0.05) is 6.92 Å². The van der Waals surface area contributed by atoms with E-state index in [0.29, 0.717) is 12.6 Å². The summed E-state index contributed by atoms with van der Waals surface area (Å²) in [4.78, 5) is 6.04. The first-order chi connectivity index (χ1) is 8.11. The SMILES string of the molecule is CCC(COC)(NC1CC1)c1nc(C)c(C)s1. The Morgan fingerprint density at radius 1 is 1.47 bits per heavy atom. The number of ether oxygens (including phenoxy) is 1. The molecule has 1 aliphatic rings. The molecule has 17 heavy (non-hydrogen) atoms. The van der Waals surface area contributed by atoms with E-state index in [4.69, 9.17) is 9.72 Å². The molecule has 1 heterocycles. The Morgan fingerprint density at radius 3 is 2.59 bits per heavy atom. The van der Waals surface area contributed by atoms with Crippen LogP contribution in [0.3, 0.4) is 0 Å². The zero-order valence-corrected chi connectivity index (χ0v) is 12.0. The van der Waals surface area contributed by atoms with Crippen LogP contribution in [-0.4, -0.2) is 24.7 Å². The summed E-state index contributed by atoms with van der Waals surface area (Å²) in [6.45, 7) is 7.13. The molecule has 1 aromatic rings. The van der Waals surface area contributed by atoms with E-state index in [-0.39, 0.29) is 5.54 Å². The third kappa shape index (κ3) is 2.69. The van der Waals surface area contributed by atoms with Crippen LogP contribution in [0.1, 0.15) is 41.8 Å². The maximum atomic E-state index is 5.43. The highest BCUT2D eigenvalue weighted by molar-refractivity contribution is 7.11. The van der Waals surface area contributed by atoms with Crippen LogP contribution in [-0.2, 0) is 10.3 Å². The average Bonchev–Trinajstić information content (AvgIpc) is 3.05. The molecule has 2 rings (SSSR count). The average molecular weight is 254 g/mol. The van der Waals surface area contributed by atoms with E-state index in [9.17, 15) is 0 Å². The Hall–Kier alpha value is -0.450. The van der Waals surface area contributed by atoms with E-state index >= 15 is 0 Å². The van der Waals surface area contributed by atoms with Gasteiger partial charge in [-0.3, -0.25) is 0 Å². The standard InChI is InChI=1S/C13H22N2OS/c1-5-13(8-16-4,15-11-6-7-11)12-14-9(2)10(3)17-12/h11,15H,5-8H2,1-4H3. The summed E-state index contributed by atoms with van der Waals surface area (Å²) in [7, 11) is 1.77. The molecule has 1 unspecified atom stereocenters. The quantitative estimate of drug-likeness (QED) is 0.847. The number of hydrogen-bond acceptors (Lipinski definition) is 4. The van der Waals surface area contributed by atoms with Gasteiger partial charge >= 0.3 is 0 Å². The van der Waals surface area contributed by atoms with Gasteiger partial charge in [-0.05, 0) is 33.1 Å². The van der Waals surface area contributed by atoms with Crippen molar-refractivity contribution >= 4 is 11.3 Å². The van der Waals surface area contributed by atoms with Gasteiger partial charge in [-0.25, -0.2) is 4.98 Å². The molecule has 0 radical (unpaired) electrons. The molecule has 1 aliphatic carbocycles. The van der Waals surface area contributed by atoms with Crippen molar-refractivity contribution < 1.29 is 4.74 Å². The van der Waals surface area contributed by atoms with Crippen LogP contribution in [0.2, 0.25) is 0 Å². The lowest BCUT2D eigenvalue weighted by atomic mass is 9.97. The zero-order chi connectivity index (χ0) is 12.5. The van der Waals surface area contributed by atoms with Crippen molar-refractivity contribution in [3.63, 3.8) is 0 Å². The zero-order valence-electron chi connectivity index (χ0n) is 11.2. The molecule has 0 bridgehead atoms. The van der Waals surface area contributed by atoms with Gasteiger partial charge in [0, 0.05) is 18.0 Å². The lowest BCUT2D eigenvalue weighted by molar-refractivity contribution is 0.103. The van der Waals surface area contributed by atoms with Crippen LogP contribution in [0.15, 0.2) is 0 Å². The van der Waals surface area contributed by atoms with Crippen molar-refractivity contribution in [1.82, 2.24) is 10.3 Å². The van der Waals surface area contributed by atoms with Crippen molar-refractivity contribution in [3.05, 3.63) is 15.6 Å². The molecule has 0 saturated heterocycles. The minimum absolute atomic E-state index is 0.0837. The second-order valence-corrected chi connectivity index (χ2v) is 6.15. The Labute approximate surface area is 108 Å². The number of methoxy groups -OCH3 is 1. The molecule has 4 heteroatoms. The molecule has 96 valence electrons. The van der Waals surface area contributed by atoms with Gasteiger partial charge < -0.3 is 10.1 Å². The van der Waals surface area contributed by atoms with Gasteiger partial charge in [-0.2, -0.15) is 0 Å². The van der Waals surface area contributed by atoms with Gasteiger partial charge in [0.05, 0.1) is 17.8 Å². The second kappa shape index (κ2) is 5.04. The summed E-state index contributed by atoms with van der Waals surface area (Å²) in [5, 5.41) is 4.92. The maximum Gasteiger partial charge on any atom is 0.116 e. The van der Waals surface area contributed by atoms with Gasteiger partial charge in [0.2, 0.25) is 0 Å². The summed E-state index contributed by atoms with van der Waals surface area (Å²) < 4.78 is 5.43. The first-order valence-corrected chi connectivity index (χ1v) is 7.14. The minimum atomic E-state index is -0.0837. The van der Waals surface area contributed by atoms with Gasteiger partial charge in [0.1, 0.15) is 5.01 Å². The first-order valence-electron chi connectivity index (χ1n) is 6.32. The van der Waals surface area contributed by atoms with Crippen molar-refractivity contribution in [2.45, 2.75) is 51.6 Å². The summed E-state index contributed by atoms with van der Waals surface area (Å²) in [6.07, 6.45) is 3.59. The Kier molecular flexibility index (Phi) is 3.85. The highest BCUT2D eigenvalue weighted by Gasteiger charge is 2.38. The highest BCUT2D eigenvalue weighted by Crippen LogP contribution is 2.34. The lowest BCUT2D eigenvalue weighted by Crippen LogP contribution is -2.46. The summed E-state index contributed by atoms with van der Waals surface area (Å²) in [5.74, 6) is 0. The largest absolute Gasteiger partial charge is 0.382 e. The van der Waals surface area contributed by atoms with E-state index in [2.05, 4.69) is 26.1 Å². The number of aromatic nitrogens is 1. The number of nitrogens with zero attached hydrogens (tertiary/aromatic N) is 1. The molecule has 1 saturated carbocycles. The van der Waals surface area contributed by atoms with Crippen molar-refractivity contribution in [2.24, 2.45) is 0 Å². The fourth-order valence-electron chi connectivity index (χ4n) is 2.06. The molecular formula is C13H22N2OS. The number of thiazole rings is 1. The fourth-order valence-corrected chi connectivity index (χ4v) is 3.19. The van der Waals surface area contributed by atoms with Crippen molar-refractivity contribution in [1.29, 1.82) is 0 Å². The van der Waals surface area contributed by atoms with E-state index in [1.165, 1.54) is 22.7 Å². The van der Waals surface area contributed by atoms with Crippen LogP contribution in [0.5, 0.6) is 0 Å². The summed E-state index contributed by atoms with van der Waals surface area (Å²) >= 11 is 1.80. The molecule has 0 aliphatic heterocycles. The van der Waals surface area contributed by atoms with Crippen LogP contribution in [0.25, 0.3) is 0 Å².